The second-order valence-electron chi connectivity index (χ2n) is 9.04. The molecule has 0 saturated carbocycles. The van der Waals surface area contributed by atoms with Crippen LogP contribution in [0.2, 0.25) is 0 Å². The summed E-state index contributed by atoms with van der Waals surface area (Å²) in [5.41, 5.74) is 2.45. The van der Waals surface area contributed by atoms with E-state index in [1.807, 2.05) is 38.1 Å². The van der Waals surface area contributed by atoms with Crippen molar-refractivity contribution in [1.82, 2.24) is 19.2 Å². The first kappa shape index (κ1) is 26.6. The van der Waals surface area contributed by atoms with Crippen LogP contribution in [0.25, 0.3) is 10.1 Å². The third-order valence-corrected chi connectivity index (χ3v) is 7.26. The molecule has 10 nitrogen and oxygen atoms in total. The predicted molar refractivity (Wildman–Crippen MR) is 162 cm³/mol. The van der Waals surface area contributed by atoms with Gasteiger partial charge in [-0.25, -0.2) is 9.97 Å². The molecule has 0 unspecified atom stereocenters. The lowest BCUT2D eigenvalue weighted by atomic mass is 10.2. The average molecular weight is 563 g/mol. The summed E-state index contributed by atoms with van der Waals surface area (Å²) in [4.78, 5) is 18.3. The van der Waals surface area contributed by atoms with Gasteiger partial charge < -0.3 is 24.6 Å². The van der Waals surface area contributed by atoms with E-state index in [0.717, 1.165) is 43.4 Å². The van der Waals surface area contributed by atoms with Crippen LogP contribution in [0, 0.1) is 13.8 Å². The molecule has 0 radical (unpaired) electrons. The topological polar surface area (TPSA) is 100 Å². The van der Waals surface area contributed by atoms with E-state index in [-0.39, 0.29) is 5.11 Å². The number of anilines is 3. The summed E-state index contributed by atoms with van der Waals surface area (Å²) >= 11 is 7.18. The lowest BCUT2D eigenvalue weighted by Crippen LogP contribution is -2.51. The van der Waals surface area contributed by atoms with Gasteiger partial charge in [0.2, 0.25) is 17.0 Å². The number of aryl methyl sites for hydroxylation is 2. The largest absolute Gasteiger partial charge is 0.497 e. The number of methoxy groups -OCH3 is 2. The number of hydrogen-bond donors (Lipinski definition) is 2. The highest BCUT2D eigenvalue weighted by Crippen LogP contribution is 2.30. The minimum Gasteiger partial charge on any atom is -0.497 e. The fourth-order valence-electron chi connectivity index (χ4n) is 4.42. The molecule has 2 aromatic heterocycles. The number of aromatic nitrogens is 3. The van der Waals surface area contributed by atoms with Crippen molar-refractivity contribution in [3.8, 4) is 11.5 Å². The molecule has 0 atom stereocenters. The maximum absolute atomic E-state index is 5.64. The number of hydrogen-bond acceptors (Lipinski definition) is 8. The molecule has 2 N–H and O–H groups in total. The summed E-state index contributed by atoms with van der Waals surface area (Å²) in [6.07, 6.45) is 0. The zero-order valence-corrected chi connectivity index (χ0v) is 23.9. The summed E-state index contributed by atoms with van der Waals surface area (Å²) in [6.45, 7) is 6.90. The molecule has 12 heteroatoms. The fraction of sp³-hybridized carbons (Fsp3) is 0.296. The highest BCUT2D eigenvalue weighted by atomic mass is 32.1. The minimum atomic E-state index is 0.283. The van der Waals surface area contributed by atoms with Crippen molar-refractivity contribution in [3.05, 3.63) is 59.9 Å². The zero-order valence-electron chi connectivity index (χ0n) is 22.3. The minimum absolute atomic E-state index is 0.283. The molecule has 1 aliphatic heterocycles. The van der Waals surface area contributed by atoms with Gasteiger partial charge in [0.25, 0.3) is 0 Å². The van der Waals surface area contributed by atoms with Gasteiger partial charge in [-0.05, 0) is 55.8 Å². The molecular formula is C27H30N8O2S2. The van der Waals surface area contributed by atoms with Crippen molar-refractivity contribution < 1.29 is 9.47 Å². The molecule has 39 heavy (non-hydrogen) atoms. The molecule has 5 rings (SSSR count). The number of fused-ring (bicyclic) bond motifs is 1. The summed E-state index contributed by atoms with van der Waals surface area (Å²) in [5, 5.41) is 7.96. The van der Waals surface area contributed by atoms with Gasteiger partial charge in [-0.3, -0.25) is 5.32 Å². The van der Waals surface area contributed by atoms with E-state index >= 15 is 0 Å². The van der Waals surface area contributed by atoms with Crippen LogP contribution >= 0.6 is 23.8 Å². The molecule has 1 aliphatic rings. The van der Waals surface area contributed by atoms with Crippen LogP contribution < -0.4 is 25.0 Å². The summed E-state index contributed by atoms with van der Waals surface area (Å²) in [7, 11) is 3.21. The van der Waals surface area contributed by atoms with Gasteiger partial charge in [0.05, 0.1) is 18.9 Å². The molecule has 1 fully saturated rings. The zero-order chi connectivity index (χ0) is 27.4. The second-order valence-corrected chi connectivity index (χ2v) is 10.2. The number of benzene rings is 2. The second kappa shape index (κ2) is 11.8. The first-order chi connectivity index (χ1) is 18.9. The molecule has 202 valence electrons. The Bertz CT molecular complexity index is 1470. The summed E-state index contributed by atoms with van der Waals surface area (Å²) < 4.78 is 16.7. The Hall–Kier alpha value is -4.03. The number of thiocarbonyl (C=S) groups is 1. The number of piperazine rings is 1. The Kier molecular flexibility index (Phi) is 8.03. The first-order valence-electron chi connectivity index (χ1n) is 12.5. The number of rotatable bonds is 5. The number of nitrogens with one attached hydrogen (secondary N) is 2. The van der Waals surface area contributed by atoms with Gasteiger partial charge in [-0.15, -0.1) is 0 Å². The van der Waals surface area contributed by atoms with E-state index < -0.39 is 0 Å². The first-order valence-corrected chi connectivity index (χ1v) is 13.7. The molecular weight excluding hydrogens is 532 g/mol. The molecule has 1 saturated heterocycles. The predicted octanol–water partition coefficient (Wildman–Crippen LogP) is 4.71. The number of ether oxygens (including phenoxy) is 2. The van der Waals surface area contributed by atoms with Gasteiger partial charge in [-0.2, -0.15) is 9.37 Å². The van der Waals surface area contributed by atoms with Crippen molar-refractivity contribution in [2.75, 3.05) is 55.9 Å². The molecule has 0 amide bonds. The molecule has 0 spiro atoms. The summed E-state index contributed by atoms with van der Waals surface area (Å²) in [5.74, 6) is 3.39. The van der Waals surface area contributed by atoms with Crippen molar-refractivity contribution in [1.29, 1.82) is 0 Å². The Morgan fingerprint density at radius 1 is 0.923 bits per heavy atom. The quantitative estimate of drug-likeness (QED) is 0.202. The van der Waals surface area contributed by atoms with Crippen LogP contribution in [0.5, 0.6) is 11.5 Å². The maximum Gasteiger partial charge on any atom is 0.229 e. The van der Waals surface area contributed by atoms with Gasteiger partial charge in [-0.1, -0.05) is 12.1 Å². The van der Waals surface area contributed by atoms with Gasteiger partial charge >= 0.3 is 0 Å². The van der Waals surface area contributed by atoms with Crippen molar-refractivity contribution in [2.45, 2.75) is 13.8 Å². The highest BCUT2D eigenvalue weighted by molar-refractivity contribution is 7.80. The monoisotopic (exact) mass is 562 g/mol. The fourth-order valence-corrected chi connectivity index (χ4v) is 5.42. The molecule has 0 aliphatic carbocycles. The van der Waals surface area contributed by atoms with E-state index in [4.69, 9.17) is 31.1 Å². The molecule has 4 aromatic rings. The average Bonchev–Trinajstić information content (AvgIpc) is 3.36. The van der Waals surface area contributed by atoms with Crippen molar-refractivity contribution in [3.63, 3.8) is 0 Å². The molecule has 3 heterocycles. The van der Waals surface area contributed by atoms with E-state index in [0.29, 0.717) is 29.1 Å². The number of guanidine groups is 1. The normalized spacial score (nSPS) is 13.9. The smallest absolute Gasteiger partial charge is 0.229 e. The third kappa shape index (κ3) is 6.35. The highest BCUT2D eigenvalue weighted by Gasteiger charge is 2.24. The van der Waals surface area contributed by atoms with Crippen molar-refractivity contribution in [2.24, 2.45) is 4.99 Å². The Morgan fingerprint density at radius 3 is 2.26 bits per heavy atom. The van der Waals surface area contributed by atoms with Gasteiger partial charge in [0.1, 0.15) is 17.3 Å². The van der Waals surface area contributed by atoms with Crippen LogP contribution in [-0.2, 0) is 0 Å². The van der Waals surface area contributed by atoms with Crippen LogP contribution in [-0.4, -0.2) is 70.7 Å². The van der Waals surface area contributed by atoms with E-state index in [9.17, 15) is 0 Å². The molecule has 0 bridgehead atoms. The summed E-state index contributed by atoms with van der Waals surface area (Å²) in [6, 6.07) is 15.7. The Balaban J connectivity index is 1.37. The molecule has 2 aromatic carbocycles. The SMILES string of the molecule is COc1cc(NC(=S)/N=C(/Nc2nc(C)cc(C)n2)N2CCN(c3nsc4ccccc34)CC2)cc(OC)c1. The van der Waals surface area contributed by atoms with E-state index in [1.54, 1.807) is 20.3 Å². The van der Waals surface area contributed by atoms with Gasteiger partial charge in [0, 0.05) is 66.8 Å². The van der Waals surface area contributed by atoms with E-state index in [2.05, 4.69) is 48.6 Å². The van der Waals surface area contributed by atoms with Crippen LogP contribution in [0.15, 0.2) is 53.5 Å². The number of aliphatic imine (C=N–C) groups is 1. The Morgan fingerprint density at radius 2 is 1.59 bits per heavy atom. The van der Waals surface area contributed by atoms with Crippen molar-refractivity contribution >= 4 is 62.4 Å². The van der Waals surface area contributed by atoms with Gasteiger partial charge in [0.15, 0.2) is 0 Å². The lowest BCUT2D eigenvalue weighted by molar-refractivity contribution is 0.384. The Labute approximate surface area is 236 Å². The lowest BCUT2D eigenvalue weighted by Gasteiger charge is -2.36. The van der Waals surface area contributed by atoms with E-state index in [1.165, 1.54) is 21.6 Å². The van der Waals surface area contributed by atoms with Crippen LogP contribution in [0.4, 0.5) is 17.5 Å². The van der Waals surface area contributed by atoms with Crippen LogP contribution in [0.3, 0.4) is 0 Å². The standard InChI is InChI=1S/C27H30N8O2S2/c1-17-13-18(2)29-25(28-17)31-26(32-27(38)30-19-14-20(36-3)16-21(15-19)37-4)35-11-9-34(10-12-35)24-22-7-5-6-8-23(22)39-33-24/h5-8,13-16H,9-12H2,1-4H3,(H2,28,29,30,31,32,38). The number of nitrogens with zero attached hydrogens (tertiary/aromatic N) is 6. The third-order valence-electron chi connectivity index (χ3n) is 6.25. The van der Waals surface area contributed by atoms with Crippen LogP contribution in [0.1, 0.15) is 11.4 Å². The maximum atomic E-state index is 5.64.